The van der Waals surface area contributed by atoms with Crippen LogP contribution in [0.25, 0.3) is 11.0 Å². The molecule has 35 heavy (non-hydrogen) atoms. The second-order valence-corrected chi connectivity index (χ2v) is 8.45. The number of aromatic nitrogens is 6. The fourth-order valence-electron chi connectivity index (χ4n) is 4.46. The molecule has 5 rings (SSSR count). The van der Waals surface area contributed by atoms with Gasteiger partial charge < -0.3 is 10.2 Å². The lowest BCUT2D eigenvalue weighted by Gasteiger charge is -2.34. The van der Waals surface area contributed by atoms with Gasteiger partial charge >= 0.3 is 6.18 Å². The standard InChI is InChI=1S/C23H18F3N7O2/c1-12(13-5-8-18(28-11-13)23(24,25)26)33-21-19(16(10-27)31-33)22(34)30-20(29-21)15-7-6-14(15)17-4-2-3-9-32(17)35/h2-5,8-9,11-12,14-15H,6-7H2,1H3,(H,29,30,34)/t12-,14+,15+/m1/s1. The summed E-state index contributed by atoms with van der Waals surface area (Å²) in [7, 11) is 0. The minimum Gasteiger partial charge on any atom is -0.618 e. The Morgan fingerprint density at radius 3 is 2.63 bits per heavy atom. The van der Waals surface area contributed by atoms with Crippen LogP contribution in [0.5, 0.6) is 0 Å². The van der Waals surface area contributed by atoms with Crippen LogP contribution in [0, 0.1) is 16.5 Å². The van der Waals surface area contributed by atoms with E-state index in [0.717, 1.165) is 23.4 Å². The van der Waals surface area contributed by atoms with E-state index < -0.39 is 23.5 Å². The average molecular weight is 481 g/mol. The first-order chi connectivity index (χ1) is 16.7. The van der Waals surface area contributed by atoms with Crippen LogP contribution in [0.2, 0.25) is 0 Å². The Balaban J connectivity index is 1.58. The van der Waals surface area contributed by atoms with Crippen LogP contribution in [0.15, 0.2) is 47.5 Å². The normalized spacial score (nSPS) is 18.7. The first kappa shape index (κ1) is 22.5. The Morgan fingerprint density at radius 2 is 2.03 bits per heavy atom. The number of hydrogen-bond donors (Lipinski definition) is 1. The predicted octanol–water partition coefficient (Wildman–Crippen LogP) is 3.31. The number of fused-ring (bicyclic) bond motifs is 1. The van der Waals surface area contributed by atoms with Crippen molar-refractivity contribution in [1.82, 2.24) is 24.7 Å². The van der Waals surface area contributed by atoms with Crippen molar-refractivity contribution in [3.63, 3.8) is 0 Å². The van der Waals surface area contributed by atoms with Crippen molar-refractivity contribution in [3.05, 3.63) is 86.8 Å². The third-order valence-corrected chi connectivity index (χ3v) is 6.47. The molecule has 1 saturated carbocycles. The van der Waals surface area contributed by atoms with Gasteiger partial charge in [-0.1, -0.05) is 12.1 Å². The largest absolute Gasteiger partial charge is 0.618 e. The molecule has 9 nitrogen and oxygen atoms in total. The summed E-state index contributed by atoms with van der Waals surface area (Å²) in [5.74, 6) is 0.00950. The number of nitrogens with zero attached hydrogens (tertiary/aromatic N) is 6. The van der Waals surface area contributed by atoms with Crippen LogP contribution in [0.1, 0.15) is 66.1 Å². The van der Waals surface area contributed by atoms with Crippen LogP contribution < -0.4 is 10.3 Å². The van der Waals surface area contributed by atoms with Gasteiger partial charge in [-0.25, -0.2) is 9.67 Å². The first-order valence-electron chi connectivity index (χ1n) is 10.8. The molecule has 0 unspecified atom stereocenters. The fourth-order valence-corrected chi connectivity index (χ4v) is 4.46. The maximum atomic E-state index is 13.0. The molecule has 0 amide bonds. The van der Waals surface area contributed by atoms with Gasteiger partial charge in [0.1, 0.15) is 23.0 Å². The summed E-state index contributed by atoms with van der Waals surface area (Å²) in [6, 6.07) is 8.51. The molecule has 12 heteroatoms. The summed E-state index contributed by atoms with van der Waals surface area (Å²) in [6.07, 6.45) is -0.623. The van der Waals surface area contributed by atoms with E-state index in [1.54, 1.807) is 25.1 Å². The number of hydrogen-bond acceptors (Lipinski definition) is 6. The number of H-pyrrole nitrogens is 1. The van der Waals surface area contributed by atoms with Crippen molar-refractivity contribution in [2.45, 2.75) is 43.8 Å². The molecular weight excluding hydrogens is 463 g/mol. The minimum atomic E-state index is -4.57. The molecule has 0 saturated heterocycles. The maximum absolute atomic E-state index is 13.0. The Hall–Kier alpha value is -4.27. The molecule has 1 N–H and O–H groups in total. The molecule has 0 bridgehead atoms. The van der Waals surface area contributed by atoms with E-state index in [2.05, 4.69) is 20.1 Å². The van der Waals surface area contributed by atoms with Gasteiger partial charge in [-0.05, 0) is 31.4 Å². The molecule has 4 aromatic rings. The summed E-state index contributed by atoms with van der Waals surface area (Å²) in [6.45, 7) is 1.66. The van der Waals surface area contributed by atoms with Gasteiger partial charge in [-0.15, -0.1) is 0 Å². The molecule has 1 aliphatic rings. The Bertz CT molecular complexity index is 1520. The summed E-state index contributed by atoms with van der Waals surface area (Å²) in [5, 5.41) is 26.0. The molecule has 0 spiro atoms. The lowest BCUT2D eigenvalue weighted by molar-refractivity contribution is -0.616. The quantitative estimate of drug-likeness (QED) is 0.352. The highest BCUT2D eigenvalue weighted by atomic mass is 19.4. The SMILES string of the molecule is C[C@H](c1ccc(C(F)(F)F)nc1)n1nc(C#N)c2c(=O)[nH]c([C@H]3CC[C@@H]3c3cccc[n+]3[O-])nc21. The van der Waals surface area contributed by atoms with E-state index in [-0.39, 0.29) is 28.6 Å². The number of pyridine rings is 2. The zero-order valence-electron chi connectivity index (χ0n) is 18.3. The summed E-state index contributed by atoms with van der Waals surface area (Å²) >= 11 is 0. The minimum absolute atomic E-state index is 0.00237. The monoisotopic (exact) mass is 481 g/mol. The van der Waals surface area contributed by atoms with Crippen molar-refractivity contribution in [3.8, 4) is 6.07 Å². The highest BCUT2D eigenvalue weighted by Crippen LogP contribution is 2.47. The van der Waals surface area contributed by atoms with Crippen LogP contribution in [0.3, 0.4) is 0 Å². The average Bonchev–Trinajstić information content (AvgIpc) is 3.18. The number of aromatic amines is 1. The molecule has 0 radical (unpaired) electrons. The van der Waals surface area contributed by atoms with Crippen LogP contribution in [-0.4, -0.2) is 24.7 Å². The number of nitrogens with one attached hydrogen (secondary N) is 1. The lowest BCUT2D eigenvalue weighted by atomic mass is 9.71. The third-order valence-electron chi connectivity index (χ3n) is 6.47. The molecule has 0 aliphatic heterocycles. The second-order valence-electron chi connectivity index (χ2n) is 8.45. The Kier molecular flexibility index (Phi) is 5.27. The summed E-state index contributed by atoms with van der Waals surface area (Å²) in [5.41, 5.74) is -0.602. The summed E-state index contributed by atoms with van der Waals surface area (Å²) in [4.78, 5) is 23.8. The molecule has 178 valence electrons. The zero-order valence-corrected chi connectivity index (χ0v) is 18.3. The molecular formula is C23H18F3N7O2. The zero-order chi connectivity index (χ0) is 24.9. The van der Waals surface area contributed by atoms with Gasteiger partial charge in [-0.2, -0.15) is 28.3 Å². The highest BCUT2D eigenvalue weighted by Gasteiger charge is 2.40. The maximum Gasteiger partial charge on any atom is 0.433 e. The van der Waals surface area contributed by atoms with Gasteiger partial charge in [-0.3, -0.25) is 9.78 Å². The van der Waals surface area contributed by atoms with Gasteiger partial charge in [0.25, 0.3) is 5.56 Å². The number of alkyl halides is 3. The molecule has 4 aromatic heterocycles. The predicted molar refractivity (Wildman–Crippen MR) is 116 cm³/mol. The highest BCUT2D eigenvalue weighted by molar-refractivity contribution is 5.80. The smallest absolute Gasteiger partial charge is 0.433 e. The number of rotatable bonds is 4. The lowest BCUT2D eigenvalue weighted by Crippen LogP contribution is -2.38. The van der Waals surface area contributed by atoms with Crippen LogP contribution >= 0.6 is 0 Å². The second kappa shape index (κ2) is 8.19. The molecule has 1 aliphatic carbocycles. The van der Waals surface area contributed by atoms with E-state index >= 15 is 0 Å². The molecule has 0 aromatic carbocycles. The van der Waals surface area contributed by atoms with Crippen LogP contribution in [-0.2, 0) is 6.18 Å². The Morgan fingerprint density at radius 1 is 1.26 bits per heavy atom. The van der Waals surface area contributed by atoms with Gasteiger partial charge in [0.05, 0.1) is 12.0 Å². The van der Waals surface area contributed by atoms with E-state index in [9.17, 15) is 28.4 Å². The topological polar surface area (TPSA) is 127 Å². The third kappa shape index (κ3) is 3.78. The van der Waals surface area contributed by atoms with Crippen molar-refractivity contribution in [1.29, 1.82) is 5.26 Å². The summed E-state index contributed by atoms with van der Waals surface area (Å²) < 4.78 is 40.8. The molecule has 1 fully saturated rings. The number of nitriles is 1. The van der Waals surface area contributed by atoms with Crippen molar-refractivity contribution >= 4 is 11.0 Å². The van der Waals surface area contributed by atoms with E-state index in [1.807, 2.05) is 6.07 Å². The van der Waals surface area contributed by atoms with E-state index in [0.29, 0.717) is 23.5 Å². The first-order valence-corrected chi connectivity index (χ1v) is 10.8. The van der Waals surface area contributed by atoms with Crippen molar-refractivity contribution in [2.24, 2.45) is 0 Å². The van der Waals surface area contributed by atoms with E-state index in [4.69, 9.17) is 0 Å². The Labute approximate surface area is 196 Å². The van der Waals surface area contributed by atoms with Crippen molar-refractivity contribution in [2.75, 3.05) is 0 Å². The van der Waals surface area contributed by atoms with Gasteiger partial charge in [0, 0.05) is 24.2 Å². The molecule has 3 atom stereocenters. The van der Waals surface area contributed by atoms with Gasteiger partial charge in [0.2, 0.25) is 0 Å². The number of halogens is 3. The molecule has 4 heterocycles. The van der Waals surface area contributed by atoms with Crippen LogP contribution in [0.4, 0.5) is 13.2 Å². The van der Waals surface area contributed by atoms with Gasteiger partial charge in [0.15, 0.2) is 23.2 Å². The fraction of sp³-hybridized carbons (Fsp3) is 0.304. The van der Waals surface area contributed by atoms with E-state index in [1.165, 1.54) is 16.9 Å². The van der Waals surface area contributed by atoms with Crippen molar-refractivity contribution < 1.29 is 17.9 Å².